The summed E-state index contributed by atoms with van der Waals surface area (Å²) in [6.07, 6.45) is 14.1. The first-order chi connectivity index (χ1) is 11.0. The Morgan fingerprint density at radius 3 is 2.61 bits per heavy atom. The minimum absolute atomic E-state index is 0.168. The van der Waals surface area contributed by atoms with Gasteiger partial charge in [0, 0.05) is 12.8 Å². The first kappa shape index (κ1) is 19.6. The Labute approximate surface area is 139 Å². The van der Waals surface area contributed by atoms with E-state index in [1.165, 1.54) is 0 Å². The number of rotatable bonds is 11. The first-order valence-corrected chi connectivity index (χ1v) is 8.80. The molecule has 0 aliphatic heterocycles. The molecule has 0 bridgehead atoms. The monoisotopic (exact) mass is 322 g/mol. The molecule has 0 heterocycles. The van der Waals surface area contributed by atoms with E-state index in [1.54, 1.807) is 6.08 Å². The Morgan fingerprint density at radius 2 is 1.91 bits per heavy atom. The third-order valence-electron chi connectivity index (χ3n) is 4.48. The molecule has 1 aliphatic carbocycles. The third kappa shape index (κ3) is 8.12. The average Bonchev–Trinajstić information content (AvgIpc) is 2.86. The van der Waals surface area contributed by atoms with E-state index in [2.05, 4.69) is 6.92 Å². The molecule has 1 saturated carbocycles. The maximum Gasteiger partial charge on any atom is 0.303 e. The maximum absolute atomic E-state index is 11.7. The molecular weight excluding hydrogens is 292 g/mol. The summed E-state index contributed by atoms with van der Waals surface area (Å²) in [5.74, 6) is -0.154. The molecule has 0 radical (unpaired) electrons. The van der Waals surface area contributed by atoms with Crippen LogP contribution in [0.4, 0.5) is 0 Å². The molecule has 23 heavy (non-hydrogen) atoms. The summed E-state index contributed by atoms with van der Waals surface area (Å²) in [6, 6.07) is 0. The molecule has 0 aromatic heterocycles. The molecule has 1 fully saturated rings. The molecule has 130 valence electrons. The predicted molar refractivity (Wildman–Crippen MR) is 91.1 cm³/mol. The van der Waals surface area contributed by atoms with E-state index >= 15 is 0 Å². The van der Waals surface area contributed by atoms with Crippen LogP contribution in [0.1, 0.15) is 64.7 Å². The van der Waals surface area contributed by atoms with Crippen molar-refractivity contribution in [1.29, 1.82) is 0 Å². The SMILES string of the molecule is CCCCC(=O)C=CC1CCC(O)C1CC=CCCCC(=O)O. The van der Waals surface area contributed by atoms with Crippen molar-refractivity contribution in [1.82, 2.24) is 0 Å². The predicted octanol–water partition coefficient (Wildman–Crippen LogP) is 3.89. The normalized spacial score (nSPS) is 24.7. The standard InChI is InChI=1S/C19H30O4/c1-2-3-8-16(20)13-11-15-12-14-18(21)17(15)9-6-4-5-7-10-19(22)23/h4,6,11,13,15,17-18,21H,2-3,5,7-10,12,14H2,1H3,(H,22,23). The van der Waals surface area contributed by atoms with Crippen molar-refractivity contribution in [2.45, 2.75) is 70.8 Å². The van der Waals surface area contributed by atoms with E-state index in [0.717, 1.165) is 38.5 Å². The molecule has 0 aromatic carbocycles. The average molecular weight is 322 g/mol. The third-order valence-corrected chi connectivity index (χ3v) is 4.48. The highest BCUT2D eigenvalue weighted by molar-refractivity contribution is 5.89. The van der Waals surface area contributed by atoms with Crippen LogP contribution in [0.5, 0.6) is 0 Å². The fourth-order valence-electron chi connectivity index (χ4n) is 3.06. The molecule has 1 rings (SSSR count). The zero-order valence-corrected chi connectivity index (χ0v) is 14.1. The number of hydrogen-bond acceptors (Lipinski definition) is 3. The number of carbonyl (C=O) groups excluding carboxylic acids is 1. The number of ketones is 1. The highest BCUT2D eigenvalue weighted by Gasteiger charge is 2.32. The number of unbranched alkanes of at least 4 members (excludes halogenated alkanes) is 2. The van der Waals surface area contributed by atoms with E-state index in [0.29, 0.717) is 12.8 Å². The van der Waals surface area contributed by atoms with Gasteiger partial charge in [0.25, 0.3) is 0 Å². The summed E-state index contributed by atoms with van der Waals surface area (Å²) < 4.78 is 0. The second kappa shape index (κ2) is 11.2. The van der Waals surface area contributed by atoms with Crippen LogP contribution in [0, 0.1) is 11.8 Å². The van der Waals surface area contributed by atoms with Crippen molar-refractivity contribution in [2.24, 2.45) is 11.8 Å². The number of aliphatic hydroxyl groups excluding tert-OH is 1. The van der Waals surface area contributed by atoms with Gasteiger partial charge >= 0.3 is 5.97 Å². The van der Waals surface area contributed by atoms with Gasteiger partial charge in [-0.3, -0.25) is 9.59 Å². The van der Waals surface area contributed by atoms with Gasteiger partial charge in [0.15, 0.2) is 5.78 Å². The topological polar surface area (TPSA) is 74.6 Å². The van der Waals surface area contributed by atoms with Crippen LogP contribution in [0.15, 0.2) is 24.3 Å². The first-order valence-electron chi connectivity index (χ1n) is 8.80. The fraction of sp³-hybridized carbons (Fsp3) is 0.684. The van der Waals surface area contributed by atoms with E-state index in [-0.39, 0.29) is 30.1 Å². The Balaban J connectivity index is 2.38. The Bertz CT molecular complexity index is 425. The number of carboxylic acid groups (broad SMARTS) is 1. The smallest absolute Gasteiger partial charge is 0.303 e. The van der Waals surface area contributed by atoms with Gasteiger partial charge in [-0.15, -0.1) is 0 Å². The summed E-state index contributed by atoms with van der Waals surface area (Å²) in [4.78, 5) is 22.2. The highest BCUT2D eigenvalue weighted by Crippen LogP contribution is 2.35. The number of aliphatic hydroxyl groups is 1. The number of allylic oxidation sites excluding steroid dienone is 4. The van der Waals surface area contributed by atoms with Gasteiger partial charge < -0.3 is 10.2 Å². The summed E-state index contributed by atoms with van der Waals surface area (Å²) in [7, 11) is 0. The lowest BCUT2D eigenvalue weighted by molar-refractivity contribution is -0.137. The van der Waals surface area contributed by atoms with E-state index in [4.69, 9.17) is 5.11 Å². The number of carboxylic acids is 1. The lowest BCUT2D eigenvalue weighted by Crippen LogP contribution is -2.17. The fourth-order valence-corrected chi connectivity index (χ4v) is 3.06. The number of hydrogen-bond donors (Lipinski definition) is 2. The van der Waals surface area contributed by atoms with E-state index < -0.39 is 5.97 Å². The maximum atomic E-state index is 11.7. The molecular formula is C19H30O4. The lowest BCUT2D eigenvalue weighted by atomic mass is 9.90. The minimum atomic E-state index is -0.762. The Kier molecular flexibility index (Phi) is 9.53. The lowest BCUT2D eigenvalue weighted by Gasteiger charge is -2.17. The van der Waals surface area contributed by atoms with Gasteiger partial charge in [-0.05, 0) is 56.4 Å². The van der Waals surface area contributed by atoms with Crippen molar-refractivity contribution in [2.75, 3.05) is 0 Å². The Morgan fingerprint density at radius 1 is 1.13 bits per heavy atom. The molecule has 0 spiro atoms. The quantitative estimate of drug-likeness (QED) is 0.344. The van der Waals surface area contributed by atoms with Crippen molar-refractivity contribution in [3.05, 3.63) is 24.3 Å². The molecule has 0 saturated heterocycles. The van der Waals surface area contributed by atoms with Crippen LogP contribution in [-0.4, -0.2) is 28.1 Å². The minimum Gasteiger partial charge on any atom is -0.481 e. The molecule has 2 N–H and O–H groups in total. The number of aliphatic carboxylic acids is 1. The van der Waals surface area contributed by atoms with Gasteiger partial charge in [-0.25, -0.2) is 0 Å². The molecule has 1 aliphatic rings. The summed E-state index contributed by atoms with van der Waals surface area (Å²) in [5.41, 5.74) is 0. The zero-order valence-electron chi connectivity index (χ0n) is 14.1. The summed E-state index contributed by atoms with van der Waals surface area (Å²) in [6.45, 7) is 2.07. The molecule has 4 heteroatoms. The van der Waals surface area contributed by atoms with E-state index in [9.17, 15) is 14.7 Å². The zero-order chi connectivity index (χ0) is 17.1. The van der Waals surface area contributed by atoms with Crippen LogP contribution in [0.2, 0.25) is 0 Å². The second-order valence-electron chi connectivity index (χ2n) is 6.39. The Hall–Kier alpha value is -1.42. The summed E-state index contributed by atoms with van der Waals surface area (Å²) in [5, 5.41) is 18.7. The van der Waals surface area contributed by atoms with Crippen molar-refractivity contribution >= 4 is 11.8 Å². The molecule has 0 amide bonds. The van der Waals surface area contributed by atoms with Crippen molar-refractivity contribution in [3.63, 3.8) is 0 Å². The van der Waals surface area contributed by atoms with Crippen LogP contribution in [0.3, 0.4) is 0 Å². The highest BCUT2D eigenvalue weighted by atomic mass is 16.4. The molecule has 0 aromatic rings. The van der Waals surface area contributed by atoms with Gasteiger partial charge in [0.1, 0.15) is 0 Å². The van der Waals surface area contributed by atoms with Gasteiger partial charge in [0.05, 0.1) is 6.10 Å². The van der Waals surface area contributed by atoms with E-state index in [1.807, 2.05) is 18.2 Å². The van der Waals surface area contributed by atoms with Crippen LogP contribution in [0.25, 0.3) is 0 Å². The van der Waals surface area contributed by atoms with Crippen LogP contribution in [-0.2, 0) is 9.59 Å². The van der Waals surface area contributed by atoms with Gasteiger partial charge in [-0.1, -0.05) is 31.6 Å². The van der Waals surface area contributed by atoms with Gasteiger partial charge in [-0.2, -0.15) is 0 Å². The summed E-state index contributed by atoms with van der Waals surface area (Å²) >= 11 is 0. The van der Waals surface area contributed by atoms with Gasteiger partial charge in [0.2, 0.25) is 0 Å². The molecule has 3 unspecified atom stereocenters. The molecule has 3 atom stereocenters. The van der Waals surface area contributed by atoms with Crippen molar-refractivity contribution < 1.29 is 19.8 Å². The number of carbonyl (C=O) groups is 2. The van der Waals surface area contributed by atoms with Crippen LogP contribution < -0.4 is 0 Å². The largest absolute Gasteiger partial charge is 0.481 e. The molecule has 4 nitrogen and oxygen atoms in total. The van der Waals surface area contributed by atoms with Crippen molar-refractivity contribution in [3.8, 4) is 0 Å². The second-order valence-corrected chi connectivity index (χ2v) is 6.39. The van der Waals surface area contributed by atoms with Crippen LogP contribution >= 0.6 is 0 Å².